The van der Waals surface area contributed by atoms with E-state index in [1.807, 2.05) is 6.07 Å². The summed E-state index contributed by atoms with van der Waals surface area (Å²) in [5.74, 6) is -0.996. The molecule has 8 heteroatoms. The van der Waals surface area contributed by atoms with Crippen LogP contribution in [0.3, 0.4) is 0 Å². The van der Waals surface area contributed by atoms with Gasteiger partial charge in [-0.15, -0.1) is 0 Å². The molecule has 26 heavy (non-hydrogen) atoms. The Morgan fingerprint density at radius 2 is 1.96 bits per heavy atom. The molecule has 1 aliphatic heterocycles. The van der Waals surface area contributed by atoms with Crippen molar-refractivity contribution in [1.82, 2.24) is 5.32 Å². The van der Waals surface area contributed by atoms with E-state index in [4.69, 9.17) is 14.5 Å². The second kappa shape index (κ2) is 7.85. The first-order valence-corrected chi connectivity index (χ1v) is 7.85. The van der Waals surface area contributed by atoms with Gasteiger partial charge in [0, 0.05) is 5.56 Å². The Labute approximate surface area is 148 Å². The number of nitrogens with one attached hydrogen (secondary N) is 1. The quantitative estimate of drug-likeness (QED) is 0.675. The SMILES string of the molecule is O=C(N[C@@H](C(=O)O)C(O)c1ccc2c(c1)OOC2)OCc1ccccc1. The first kappa shape index (κ1) is 17.7. The van der Waals surface area contributed by atoms with Crippen molar-refractivity contribution in [3.63, 3.8) is 0 Å². The van der Waals surface area contributed by atoms with Gasteiger partial charge in [0.1, 0.15) is 19.3 Å². The number of fused-ring (bicyclic) bond motifs is 1. The monoisotopic (exact) mass is 359 g/mol. The zero-order valence-corrected chi connectivity index (χ0v) is 13.6. The van der Waals surface area contributed by atoms with Crippen molar-refractivity contribution in [2.24, 2.45) is 0 Å². The van der Waals surface area contributed by atoms with Crippen LogP contribution in [0.1, 0.15) is 22.8 Å². The number of alkyl carbamates (subject to hydrolysis) is 1. The number of benzene rings is 2. The molecule has 3 N–H and O–H groups in total. The summed E-state index contributed by atoms with van der Waals surface area (Å²) >= 11 is 0. The van der Waals surface area contributed by atoms with Gasteiger partial charge in [-0.05, 0) is 17.2 Å². The smallest absolute Gasteiger partial charge is 0.408 e. The van der Waals surface area contributed by atoms with Gasteiger partial charge in [0.2, 0.25) is 0 Å². The third-order valence-corrected chi connectivity index (χ3v) is 3.86. The number of amides is 1. The molecule has 1 unspecified atom stereocenters. The molecule has 8 nitrogen and oxygen atoms in total. The Balaban J connectivity index is 1.64. The van der Waals surface area contributed by atoms with Crippen molar-refractivity contribution in [3.05, 3.63) is 65.2 Å². The summed E-state index contributed by atoms with van der Waals surface area (Å²) in [7, 11) is 0. The molecule has 2 aromatic rings. The fourth-order valence-electron chi connectivity index (χ4n) is 2.47. The Morgan fingerprint density at radius 1 is 1.19 bits per heavy atom. The summed E-state index contributed by atoms with van der Waals surface area (Å²) in [4.78, 5) is 33.1. The molecular weight excluding hydrogens is 342 g/mol. The molecular formula is C18H17NO7. The molecule has 0 aromatic heterocycles. The normalized spacial score (nSPS) is 14.7. The van der Waals surface area contributed by atoms with Crippen LogP contribution < -0.4 is 10.2 Å². The van der Waals surface area contributed by atoms with E-state index < -0.39 is 24.2 Å². The Kier molecular flexibility index (Phi) is 5.35. The first-order valence-electron chi connectivity index (χ1n) is 7.85. The number of aliphatic carboxylic acids is 1. The molecule has 2 aromatic carbocycles. The minimum atomic E-state index is -1.58. The Morgan fingerprint density at radius 3 is 2.69 bits per heavy atom. The highest BCUT2D eigenvalue weighted by atomic mass is 17.2. The van der Waals surface area contributed by atoms with Crippen LogP contribution in [0.15, 0.2) is 48.5 Å². The van der Waals surface area contributed by atoms with Crippen LogP contribution in [0.25, 0.3) is 0 Å². The molecule has 2 atom stereocenters. The molecule has 0 radical (unpaired) electrons. The Bertz CT molecular complexity index is 793. The number of hydrogen-bond donors (Lipinski definition) is 3. The highest BCUT2D eigenvalue weighted by molar-refractivity contribution is 5.80. The number of aliphatic hydroxyl groups is 1. The fraction of sp³-hybridized carbons (Fsp3) is 0.222. The Hall–Kier alpha value is -3.10. The van der Waals surface area contributed by atoms with Crippen LogP contribution in [0.2, 0.25) is 0 Å². The largest absolute Gasteiger partial charge is 0.480 e. The van der Waals surface area contributed by atoms with Crippen LogP contribution in [0.4, 0.5) is 4.79 Å². The van der Waals surface area contributed by atoms with Crippen LogP contribution in [-0.4, -0.2) is 28.3 Å². The molecule has 1 aliphatic rings. The van der Waals surface area contributed by atoms with E-state index in [0.29, 0.717) is 5.75 Å². The lowest BCUT2D eigenvalue weighted by Gasteiger charge is -2.20. The van der Waals surface area contributed by atoms with Gasteiger partial charge in [0.15, 0.2) is 11.8 Å². The summed E-state index contributed by atoms with van der Waals surface area (Å²) < 4.78 is 5.00. The molecule has 3 rings (SSSR count). The first-order chi connectivity index (χ1) is 12.5. The fourth-order valence-corrected chi connectivity index (χ4v) is 2.47. The van der Waals surface area contributed by atoms with E-state index in [-0.39, 0.29) is 18.8 Å². The maximum absolute atomic E-state index is 11.9. The van der Waals surface area contributed by atoms with Gasteiger partial charge in [0.25, 0.3) is 0 Å². The molecule has 136 valence electrons. The van der Waals surface area contributed by atoms with Crippen LogP contribution in [0.5, 0.6) is 5.75 Å². The van der Waals surface area contributed by atoms with E-state index in [0.717, 1.165) is 11.1 Å². The van der Waals surface area contributed by atoms with E-state index >= 15 is 0 Å². The van der Waals surface area contributed by atoms with E-state index in [2.05, 4.69) is 5.32 Å². The molecule has 1 heterocycles. The minimum Gasteiger partial charge on any atom is -0.480 e. The lowest BCUT2D eigenvalue weighted by atomic mass is 10.0. The molecule has 0 fully saturated rings. The van der Waals surface area contributed by atoms with Gasteiger partial charge in [0.05, 0.1) is 0 Å². The maximum Gasteiger partial charge on any atom is 0.408 e. The molecule has 0 aliphatic carbocycles. The summed E-state index contributed by atoms with van der Waals surface area (Å²) in [6.07, 6.45) is -2.44. The van der Waals surface area contributed by atoms with Crippen molar-refractivity contribution in [3.8, 4) is 5.75 Å². The van der Waals surface area contributed by atoms with E-state index in [1.54, 1.807) is 36.4 Å². The number of carbonyl (C=O) groups excluding carboxylic acids is 1. The zero-order chi connectivity index (χ0) is 18.5. The maximum atomic E-state index is 11.9. The summed E-state index contributed by atoms with van der Waals surface area (Å²) in [5.41, 5.74) is 1.80. The highest BCUT2D eigenvalue weighted by Crippen LogP contribution is 2.30. The molecule has 0 bridgehead atoms. The number of ether oxygens (including phenoxy) is 1. The molecule has 0 spiro atoms. The number of hydrogen-bond acceptors (Lipinski definition) is 6. The lowest BCUT2D eigenvalue weighted by Crippen LogP contribution is -2.45. The topological polar surface area (TPSA) is 114 Å². The van der Waals surface area contributed by atoms with Gasteiger partial charge in [-0.25, -0.2) is 9.59 Å². The predicted molar refractivity (Wildman–Crippen MR) is 88.0 cm³/mol. The van der Waals surface area contributed by atoms with Crippen molar-refractivity contribution in [1.29, 1.82) is 0 Å². The number of aliphatic hydroxyl groups excluding tert-OH is 1. The molecule has 0 saturated carbocycles. The van der Waals surface area contributed by atoms with Crippen molar-refractivity contribution >= 4 is 12.1 Å². The number of rotatable bonds is 6. The van der Waals surface area contributed by atoms with Crippen LogP contribution in [0, 0.1) is 0 Å². The standard InChI is InChI=1S/C18H17NO7/c20-16(12-6-7-13-10-25-26-14(13)8-12)15(17(21)22)19-18(23)24-9-11-4-2-1-3-5-11/h1-8,15-16,20H,9-10H2,(H,19,23)(H,21,22)/t15-,16?/m1/s1. The number of carbonyl (C=O) groups is 2. The highest BCUT2D eigenvalue weighted by Gasteiger charge is 2.31. The zero-order valence-electron chi connectivity index (χ0n) is 13.6. The molecule has 1 amide bonds. The average molecular weight is 359 g/mol. The second-order valence-electron chi connectivity index (χ2n) is 5.68. The number of carboxylic acids is 1. The van der Waals surface area contributed by atoms with Crippen molar-refractivity contribution in [2.45, 2.75) is 25.4 Å². The molecule has 0 saturated heterocycles. The summed E-state index contributed by atoms with van der Waals surface area (Å²) in [6.45, 7) is 0.261. The van der Waals surface area contributed by atoms with Gasteiger partial charge < -0.3 is 25.2 Å². The van der Waals surface area contributed by atoms with Gasteiger partial charge in [-0.3, -0.25) is 0 Å². The second-order valence-corrected chi connectivity index (χ2v) is 5.68. The van der Waals surface area contributed by atoms with Crippen LogP contribution in [-0.2, 0) is 27.6 Å². The average Bonchev–Trinajstić information content (AvgIpc) is 3.12. The lowest BCUT2D eigenvalue weighted by molar-refractivity contribution is -0.194. The predicted octanol–water partition coefficient (Wildman–Crippen LogP) is 1.92. The van der Waals surface area contributed by atoms with E-state index in [9.17, 15) is 19.8 Å². The van der Waals surface area contributed by atoms with Gasteiger partial charge >= 0.3 is 12.1 Å². The van der Waals surface area contributed by atoms with E-state index in [1.165, 1.54) is 6.07 Å². The minimum absolute atomic E-state index is 0.0148. The van der Waals surface area contributed by atoms with Crippen LogP contribution >= 0.6 is 0 Å². The van der Waals surface area contributed by atoms with Crippen molar-refractivity contribution in [2.75, 3.05) is 0 Å². The number of carboxylic acid groups (broad SMARTS) is 1. The van der Waals surface area contributed by atoms with Gasteiger partial charge in [-0.1, -0.05) is 42.5 Å². The van der Waals surface area contributed by atoms with Crippen molar-refractivity contribution < 1.29 is 34.3 Å². The third kappa shape index (κ3) is 4.11. The summed E-state index contributed by atoms with van der Waals surface area (Å²) in [5, 5.41) is 21.9. The summed E-state index contributed by atoms with van der Waals surface area (Å²) in [6, 6.07) is 12.0. The van der Waals surface area contributed by atoms with Gasteiger partial charge in [-0.2, -0.15) is 4.89 Å². The third-order valence-electron chi connectivity index (χ3n) is 3.86.